The van der Waals surface area contributed by atoms with Crippen LogP contribution in [-0.2, 0) is 5.54 Å². The Hall–Kier alpha value is -0.790. The Morgan fingerprint density at radius 1 is 1.22 bits per heavy atom. The van der Waals surface area contributed by atoms with Crippen LogP contribution in [0.2, 0.25) is 0 Å². The second-order valence-electron chi connectivity index (χ2n) is 5.55. The third-order valence-corrected chi connectivity index (χ3v) is 4.78. The molecule has 0 heterocycles. The first kappa shape index (κ1) is 13.6. The van der Waals surface area contributed by atoms with E-state index in [2.05, 4.69) is 55.7 Å². The molecule has 0 amide bonds. The van der Waals surface area contributed by atoms with Crippen LogP contribution in [-0.4, -0.2) is 7.05 Å². The molecule has 3 atom stereocenters. The summed E-state index contributed by atoms with van der Waals surface area (Å²) in [5.41, 5.74) is 3.28. The van der Waals surface area contributed by atoms with Crippen molar-refractivity contribution < 1.29 is 0 Å². The highest BCUT2D eigenvalue weighted by Gasteiger charge is 2.44. The lowest BCUT2D eigenvalue weighted by atomic mass is 9.62. The van der Waals surface area contributed by atoms with Gasteiger partial charge in [-0.3, -0.25) is 0 Å². The summed E-state index contributed by atoms with van der Waals surface area (Å²) in [5, 5.41) is 3.64. The van der Waals surface area contributed by atoms with Crippen molar-refractivity contribution in [2.24, 2.45) is 5.92 Å². The van der Waals surface area contributed by atoms with Crippen molar-refractivity contribution >= 4 is 12.4 Å². The van der Waals surface area contributed by atoms with Crippen molar-refractivity contribution in [3.8, 4) is 0 Å². The standard InChI is InChI=1S/C16H21N.ClH/c1-12-11-13-7-5-6-10-16(13,17-2)15-9-4-3-8-14(12)15;/h3-6,8-9,12-13,17H,7,10-11H2,1-2H3;1H. The molecule has 1 aromatic rings. The Morgan fingerprint density at radius 3 is 2.78 bits per heavy atom. The third kappa shape index (κ3) is 1.81. The maximum Gasteiger partial charge on any atom is 0.0501 e. The highest BCUT2D eigenvalue weighted by molar-refractivity contribution is 5.85. The molecule has 0 aliphatic heterocycles. The maximum atomic E-state index is 3.64. The number of allylic oxidation sites excluding steroid dienone is 1. The van der Waals surface area contributed by atoms with E-state index in [1.54, 1.807) is 5.56 Å². The van der Waals surface area contributed by atoms with E-state index >= 15 is 0 Å². The van der Waals surface area contributed by atoms with Crippen molar-refractivity contribution in [2.45, 2.75) is 37.6 Å². The average molecular weight is 264 g/mol. The molecule has 1 nitrogen and oxygen atoms in total. The summed E-state index contributed by atoms with van der Waals surface area (Å²) in [5.74, 6) is 1.45. The Morgan fingerprint density at radius 2 is 2.00 bits per heavy atom. The zero-order valence-electron chi connectivity index (χ0n) is 11.1. The number of rotatable bonds is 1. The molecule has 0 radical (unpaired) electrons. The molecular weight excluding hydrogens is 242 g/mol. The number of hydrogen-bond donors (Lipinski definition) is 1. The van der Waals surface area contributed by atoms with Gasteiger partial charge in [0.1, 0.15) is 0 Å². The van der Waals surface area contributed by atoms with E-state index in [0.717, 1.165) is 12.3 Å². The third-order valence-electron chi connectivity index (χ3n) is 4.78. The molecule has 0 aromatic heterocycles. The van der Waals surface area contributed by atoms with Crippen LogP contribution in [0.25, 0.3) is 0 Å². The van der Waals surface area contributed by atoms with Gasteiger partial charge in [-0.2, -0.15) is 0 Å². The summed E-state index contributed by atoms with van der Waals surface area (Å²) < 4.78 is 0. The summed E-state index contributed by atoms with van der Waals surface area (Å²) in [6.07, 6.45) is 8.38. The van der Waals surface area contributed by atoms with Gasteiger partial charge in [0.2, 0.25) is 0 Å². The lowest BCUT2D eigenvalue weighted by molar-refractivity contribution is 0.175. The molecule has 3 unspecified atom stereocenters. The molecule has 1 N–H and O–H groups in total. The Kier molecular flexibility index (Phi) is 3.84. The fourth-order valence-electron chi connectivity index (χ4n) is 3.85. The van der Waals surface area contributed by atoms with Crippen molar-refractivity contribution in [1.82, 2.24) is 5.32 Å². The van der Waals surface area contributed by atoms with Crippen LogP contribution in [0, 0.1) is 5.92 Å². The van der Waals surface area contributed by atoms with Crippen molar-refractivity contribution in [3.05, 3.63) is 47.5 Å². The topological polar surface area (TPSA) is 12.0 Å². The minimum absolute atomic E-state index is 0. The summed E-state index contributed by atoms with van der Waals surface area (Å²) in [7, 11) is 2.12. The predicted octanol–water partition coefficient (Wildman–Crippen LogP) is 4.00. The van der Waals surface area contributed by atoms with Gasteiger partial charge in [-0.1, -0.05) is 43.3 Å². The van der Waals surface area contributed by atoms with E-state index in [1.807, 2.05) is 0 Å². The van der Waals surface area contributed by atoms with E-state index in [1.165, 1.54) is 18.4 Å². The van der Waals surface area contributed by atoms with E-state index in [-0.39, 0.29) is 17.9 Å². The fraction of sp³-hybridized carbons (Fsp3) is 0.500. The van der Waals surface area contributed by atoms with Crippen molar-refractivity contribution in [1.29, 1.82) is 0 Å². The van der Waals surface area contributed by atoms with Gasteiger partial charge in [-0.25, -0.2) is 0 Å². The average Bonchev–Trinajstić information content (AvgIpc) is 2.39. The monoisotopic (exact) mass is 263 g/mol. The summed E-state index contributed by atoms with van der Waals surface area (Å²) in [4.78, 5) is 0. The number of benzene rings is 1. The van der Waals surface area contributed by atoms with Crippen molar-refractivity contribution in [3.63, 3.8) is 0 Å². The summed E-state index contributed by atoms with van der Waals surface area (Å²) in [6.45, 7) is 2.37. The number of nitrogens with one attached hydrogen (secondary N) is 1. The highest BCUT2D eigenvalue weighted by atomic mass is 35.5. The lowest BCUT2D eigenvalue weighted by Crippen LogP contribution is -2.50. The quantitative estimate of drug-likeness (QED) is 0.756. The van der Waals surface area contributed by atoms with Crippen LogP contribution in [0.5, 0.6) is 0 Å². The largest absolute Gasteiger partial charge is 0.310 e. The number of hydrogen-bond acceptors (Lipinski definition) is 1. The normalized spacial score (nSPS) is 33.2. The fourth-order valence-corrected chi connectivity index (χ4v) is 3.85. The molecule has 0 saturated carbocycles. The van der Waals surface area contributed by atoms with Gasteiger partial charge >= 0.3 is 0 Å². The Balaban J connectivity index is 0.00000120. The number of halogens is 1. The van der Waals surface area contributed by atoms with E-state index in [4.69, 9.17) is 0 Å². The van der Waals surface area contributed by atoms with Gasteiger partial charge < -0.3 is 5.32 Å². The Labute approximate surface area is 116 Å². The first-order valence-corrected chi connectivity index (χ1v) is 6.71. The molecule has 0 bridgehead atoms. The molecule has 0 spiro atoms. The van der Waals surface area contributed by atoms with Gasteiger partial charge in [0.25, 0.3) is 0 Å². The zero-order valence-corrected chi connectivity index (χ0v) is 12.0. The minimum Gasteiger partial charge on any atom is -0.310 e. The predicted molar refractivity (Wildman–Crippen MR) is 79.3 cm³/mol. The molecule has 18 heavy (non-hydrogen) atoms. The van der Waals surface area contributed by atoms with Gasteiger partial charge in [0.15, 0.2) is 0 Å². The number of fused-ring (bicyclic) bond motifs is 3. The van der Waals surface area contributed by atoms with Crippen LogP contribution in [0.1, 0.15) is 43.2 Å². The minimum atomic E-state index is 0. The molecule has 2 aliphatic carbocycles. The molecule has 2 aliphatic rings. The van der Waals surface area contributed by atoms with E-state index in [9.17, 15) is 0 Å². The smallest absolute Gasteiger partial charge is 0.0501 e. The molecular formula is C16H22ClN. The van der Waals surface area contributed by atoms with Crippen LogP contribution in [0.15, 0.2) is 36.4 Å². The van der Waals surface area contributed by atoms with Crippen LogP contribution in [0.4, 0.5) is 0 Å². The van der Waals surface area contributed by atoms with E-state index < -0.39 is 0 Å². The van der Waals surface area contributed by atoms with Gasteiger partial charge in [0, 0.05) is 0 Å². The lowest BCUT2D eigenvalue weighted by Gasteiger charge is -2.48. The van der Waals surface area contributed by atoms with E-state index in [0.29, 0.717) is 5.92 Å². The summed E-state index contributed by atoms with van der Waals surface area (Å²) >= 11 is 0. The van der Waals surface area contributed by atoms with Crippen molar-refractivity contribution in [2.75, 3.05) is 7.05 Å². The zero-order chi connectivity index (χ0) is 11.9. The molecule has 1 aromatic carbocycles. The van der Waals surface area contributed by atoms with Crippen LogP contribution in [0.3, 0.4) is 0 Å². The molecule has 3 rings (SSSR count). The van der Waals surface area contributed by atoms with Gasteiger partial charge in [0.05, 0.1) is 5.54 Å². The van der Waals surface area contributed by atoms with Gasteiger partial charge in [-0.15, -0.1) is 12.4 Å². The van der Waals surface area contributed by atoms with Crippen LogP contribution < -0.4 is 5.32 Å². The molecule has 0 fully saturated rings. The first-order chi connectivity index (χ1) is 8.28. The summed E-state index contributed by atoms with van der Waals surface area (Å²) in [6, 6.07) is 9.00. The van der Waals surface area contributed by atoms with Crippen LogP contribution >= 0.6 is 12.4 Å². The highest BCUT2D eigenvalue weighted by Crippen LogP contribution is 2.49. The first-order valence-electron chi connectivity index (χ1n) is 6.71. The van der Waals surface area contributed by atoms with Gasteiger partial charge in [-0.05, 0) is 49.3 Å². The second kappa shape index (κ2) is 5.07. The second-order valence-corrected chi connectivity index (χ2v) is 5.55. The SMILES string of the molecule is CNC12CC=CCC1CC(C)c1ccccc12.Cl. The molecule has 98 valence electrons. The maximum absolute atomic E-state index is 3.64. The molecule has 0 saturated heterocycles. The molecule has 2 heteroatoms. The Bertz CT molecular complexity index is 454.